The largest absolute Gasteiger partial charge is 0.465 e. The van der Waals surface area contributed by atoms with Crippen LogP contribution in [0.3, 0.4) is 0 Å². The number of benzene rings is 1. The number of hydrogen-bond donors (Lipinski definition) is 3. The van der Waals surface area contributed by atoms with Crippen LogP contribution >= 0.6 is 0 Å². The van der Waals surface area contributed by atoms with Gasteiger partial charge in [0.15, 0.2) is 0 Å². The number of amides is 1. The van der Waals surface area contributed by atoms with Crippen molar-refractivity contribution >= 4 is 11.8 Å². The van der Waals surface area contributed by atoms with Crippen LogP contribution in [0.15, 0.2) is 30.5 Å². The summed E-state index contributed by atoms with van der Waals surface area (Å²) < 4.78 is 1.68. The van der Waals surface area contributed by atoms with E-state index in [1.165, 1.54) is 0 Å². The van der Waals surface area contributed by atoms with Crippen LogP contribution in [0, 0.1) is 0 Å². The summed E-state index contributed by atoms with van der Waals surface area (Å²) in [6.45, 7) is 0.998. The summed E-state index contributed by atoms with van der Waals surface area (Å²) in [6, 6.07) is 7.42. The fourth-order valence-corrected chi connectivity index (χ4v) is 1.67. The molecule has 1 amide bonds. The van der Waals surface area contributed by atoms with Crippen LogP contribution in [-0.2, 0) is 6.54 Å². The highest BCUT2D eigenvalue weighted by atomic mass is 16.4. The maximum Gasteiger partial charge on any atom is 0.404 e. The normalized spacial score (nSPS) is 10.3. The van der Waals surface area contributed by atoms with E-state index >= 15 is 0 Å². The van der Waals surface area contributed by atoms with Crippen molar-refractivity contribution in [3.63, 3.8) is 0 Å². The Labute approximate surface area is 110 Å². The number of nitrogens with two attached hydrogens (primary N) is 1. The third-order valence-electron chi connectivity index (χ3n) is 2.56. The highest BCUT2D eigenvalue weighted by Gasteiger charge is 2.04. The first kappa shape index (κ1) is 12.9. The zero-order valence-corrected chi connectivity index (χ0v) is 10.3. The summed E-state index contributed by atoms with van der Waals surface area (Å²) in [5.74, 6) is 0. The van der Waals surface area contributed by atoms with Crippen LogP contribution in [0.5, 0.6) is 0 Å². The summed E-state index contributed by atoms with van der Waals surface area (Å²) in [4.78, 5) is 10.3. The Balaban J connectivity index is 1.94. The minimum atomic E-state index is -1.01. The topological polar surface area (TPSA) is 106 Å². The lowest BCUT2D eigenvalue weighted by molar-refractivity contribution is 0.194. The Morgan fingerprint density at radius 2 is 2.32 bits per heavy atom. The molecule has 7 heteroatoms. The minimum absolute atomic E-state index is 0.392. The van der Waals surface area contributed by atoms with Gasteiger partial charge in [0.1, 0.15) is 5.69 Å². The van der Waals surface area contributed by atoms with Gasteiger partial charge >= 0.3 is 6.09 Å². The molecule has 19 heavy (non-hydrogen) atoms. The molecule has 7 nitrogen and oxygen atoms in total. The minimum Gasteiger partial charge on any atom is -0.465 e. The Morgan fingerprint density at radius 1 is 1.47 bits per heavy atom. The summed E-state index contributed by atoms with van der Waals surface area (Å²) in [5, 5.41) is 18.8. The van der Waals surface area contributed by atoms with Crippen molar-refractivity contribution in [3.05, 3.63) is 30.5 Å². The zero-order valence-electron chi connectivity index (χ0n) is 10.3. The van der Waals surface area contributed by atoms with Crippen LogP contribution in [0.1, 0.15) is 6.42 Å². The number of nitrogens with zero attached hydrogens (tertiary/aromatic N) is 3. The number of carbonyl (C=O) groups is 1. The molecular formula is C12H15N5O2. The van der Waals surface area contributed by atoms with E-state index in [4.69, 9.17) is 10.8 Å². The van der Waals surface area contributed by atoms with Gasteiger partial charge in [-0.15, -0.1) is 5.10 Å². The molecule has 0 bridgehead atoms. The highest BCUT2D eigenvalue weighted by molar-refractivity contribution is 5.64. The molecule has 1 heterocycles. The summed E-state index contributed by atoms with van der Waals surface area (Å²) in [5.41, 5.74) is 8.05. The molecule has 0 unspecified atom stereocenters. The van der Waals surface area contributed by atoms with Crippen LogP contribution in [0.4, 0.5) is 10.5 Å². The first-order chi connectivity index (χ1) is 9.15. The second-order valence-electron chi connectivity index (χ2n) is 4.08. The van der Waals surface area contributed by atoms with Gasteiger partial charge in [-0.1, -0.05) is 17.3 Å². The molecule has 1 aromatic heterocycles. The van der Waals surface area contributed by atoms with E-state index < -0.39 is 6.09 Å². The van der Waals surface area contributed by atoms with Crippen molar-refractivity contribution in [2.24, 2.45) is 0 Å². The molecule has 2 rings (SSSR count). The summed E-state index contributed by atoms with van der Waals surface area (Å²) in [7, 11) is 0. The first-order valence-corrected chi connectivity index (χ1v) is 5.88. The number of aryl methyl sites for hydroxylation is 1. The number of hydrogen-bond acceptors (Lipinski definition) is 4. The fourth-order valence-electron chi connectivity index (χ4n) is 1.67. The van der Waals surface area contributed by atoms with Crippen molar-refractivity contribution in [1.29, 1.82) is 0 Å². The Morgan fingerprint density at radius 3 is 3.05 bits per heavy atom. The Bertz CT molecular complexity index is 567. The average Bonchev–Trinajstić information content (AvgIpc) is 2.83. The van der Waals surface area contributed by atoms with E-state index in [-0.39, 0.29) is 0 Å². The quantitative estimate of drug-likeness (QED) is 0.553. The molecule has 100 valence electrons. The number of nitrogens with one attached hydrogen (secondary N) is 1. The molecule has 1 aromatic carbocycles. The standard InChI is InChI=1S/C12H15N5O2/c13-10-4-1-3-9(7-10)11-8-17(16-15-11)6-2-5-14-12(18)19/h1,3-4,7-8,14H,2,5-6,13H2,(H,18,19). The predicted molar refractivity (Wildman–Crippen MR) is 70.5 cm³/mol. The van der Waals surface area contributed by atoms with Crippen molar-refractivity contribution in [3.8, 4) is 11.3 Å². The zero-order chi connectivity index (χ0) is 13.7. The van der Waals surface area contributed by atoms with Gasteiger partial charge in [-0.05, 0) is 18.6 Å². The summed E-state index contributed by atoms with van der Waals surface area (Å²) in [6.07, 6.45) is 1.46. The predicted octanol–water partition coefficient (Wildman–Crippen LogP) is 1.18. The Hall–Kier alpha value is -2.57. The third-order valence-corrected chi connectivity index (χ3v) is 2.56. The molecular weight excluding hydrogens is 246 g/mol. The third kappa shape index (κ3) is 3.70. The van der Waals surface area contributed by atoms with Gasteiger partial charge in [0.2, 0.25) is 0 Å². The lowest BCUT2D eigenvalue weighted by Crippen LogP contribution is -2.22. The van der Waals surface area contributed by atoms with E-state index in [0.717, 1.165) is 11.3 Å². The smallest absolute Gasteiger partial charge is 0.404 e. The molecule has 2 aromatic rings. The van der Waals surface area contributed by atoms with Gasteiger partial charge in [0.05, 0.1) is 6.20 Å². The molecule has 0 fully saturated rings. The number of aromatic nitrogens is 3. The molecule has 0 aliphatic carbocycles. The van der Waals surface area contributed by atoms with Crippen LogP contribution < -0.4 is 11.1 Å². The van der Waals surface area contributed by atoms with Crippen LogP contribution in [-0.4, -0.2) is 32.7 Å². The monoisotopic (exact) mass is 261 g/mol. The first-order valence-electron chi connectivity index (χ1n) is 5.88. The van der Waals surface area contributed by atoms with E-state index in [9.17, 15) is 4.79 Å². The maximum atomic E-state index is 10.3. The molecule has 0 saturated heterocycles. The van der Waals surface area contributed by atoms with Crippen LogP contribution in [0.25, 0.3) is 11.3 Å². The van der Waals surface area contributed by atoms with E-state index in [2.05, 4.69) is 15.6 Å². The van der Waals surface area contributed by atoms with Gasteiger partial charge in [0.25, 0.3) is 0 Å². The lowest BCUT2D eigenvalue weighted by Gasteiger charge is -2.00. The van der Waals surface area contributed by atoms with Crippen LogP contribution in [0.2, 0.25) is 0 Å². The van der Waals surface area contributed by atoms with Crippen molar-refractivity contribution in [1.82, 2.24) is 20.3 Å². The van der Waals surface area contributed by atoms with Crippen molar-refractivity contribution in [2.45, 2.75) is 13.0 Å². The lowest BCUT2D eigenvalue weighted by atomic mass is 10.1. The van der Waals surface area contributed by atoms with Gasteiger partial charge in [-0.2, -0.15) is 0 Å². The molecule has 0 atom stereocenters. The molecule has 4 N–H and O–H groups in total. The Kier molecular flexibility index (Phi) is 3.97. The molecule has 0 aliphatic heterocycles. The summed E-state index contributed by atoms with van der Waals surface area (Å²) >= 11 is 0. The van der Waals surface area contributed by atoms with Gasteiger partial charge < -0.3 is 16.2 Å². The van der Waals surface area contributed by atoms with Gasteiger partial charge in [-0.3, -0.25) is 4.68 Å². The van der Waals surface area contributed by atoms with E-state index in [1.807, 2.05) is 30.5 Å². The van der Waals surface area contributed by atoms with Crippen molar-refractivity contribution in [2.75, 3.05) is 12.3 Å². The highest BCUT2D eigenvalue weighted by Crippen LogP contribution is 2.18. The number of nitrogen functional groups attached to an aromatic ring is 1. The molecule has 0 radical (unpaired) electrons. The molecule has 0 aliphatic rings. The SMILES string of the molecule is Nc1cccc(-c2cn(CCCNC(=O)O)nn2)c1. The van der Waals surface area contributed by atoms with Crippen molar-refractivity contribution < 1.29 is 9.90 Å². The second kappa shape index (κ2) is 5.85. The van der Waals surface area contributed by atoms with Gasteiger partial charge in [0, 0.05) is 24.3 Å². The van der Waals surface area contributed by atoms with E-state index in [0.29, 0.717) is 25.2 Å². The number of carboxylic acid groups (broad SMARTS) is 1. The molecule has 0 saturated carbocycles. The number of rotatable bonds is 5. The van der Waals surface area contributed by atoms with E-state index in [1.54, 1.807) is 4.68 Å². The van der Waals surface area contributed by atoms with Gasteiger partial charge in [-0.25, -0.2) is 4.79 Å². The average molecular weight is 261 g/mol. The number of anilines is 1. The maximum absolute atomic E-state index is 10.3. The second-order valence-corrected chi connectivity index (χ2v) is 4.08. The fraction of sp³-hybridized carbons (Fsp3) is 0.250. The molecule has 0 spiro atoms.